The first kappa shape index (κ1) is 20.8. The zero-order valence-corrected chi connectivity index (χ0v) is 17.0. The molecule has 1 atom stereocenters. The van der Waals surface area contributed by atoms with Crippen molar-refractivity contribution in [2.75, 3.05) is 29.6 Å². The molecule has 2 aromatic rings. The number of ether oxygens (including phenoxy) is 1. The van der Waals surface area contributed by atoms with Gasteiger partial charge in [0.05, 0.1) is 11.3 Å². The molecule has 1 N–H and O–H groups in total. The van der Waals surface area contributed by atoms with Gasteiger partial charge in [-0.15, -0.1) is 11.8 Å². The average molecular weight is 387 g/mol. The van der Waals surface area contributed by atoms with Gasteiger partial charge in [-0.1, -0.05) is 12.1 Å². The highest BCUT2D eigenvalue weighted by molar-refractivity contribution is 7.98. The summed E-state index contributed by atoms with van der Waals surface area (Å²) in [5.74, 6) is -0.869. The lowest BCUT2D eigenvalue weighted by Crippen LogP contribution is -2.30. The highest BCUT2D eigenvalue weighted by Crippen LogP contribution is 2.25. The van der Waals surface area contributed by atoms with Crippen LogP contribution in [0.15, 0.2) is 53.4 Å². The molecular weight excluding hydrogens is 360 g/mol. The maximum Gasteiger partial charge on any atom is 0.338 e. The van der Waals surface area contributed by atoms with E-state index in [0.717, 1.165) is 23.7 Å². The highest BCUT2D eigenvalue weighted by Gasteiger charge is 2.20. The molecule has 0 aromatic heterocycles. The number of esters is 1. The number of thioether (sulfide) groups is 1. The Labute approximate surface area is 165 Å². The Hall–Kier alpha value is -2.47. The number of benzene rings is 2. The minimum Gasteiger partial charge on any atom is -0.449 e. The number of para-hydroxylation sites is 1. The van der Waals surface area contributed by atoms with E-state index in [4.69, 9.17) is 4.74 Å². The monoisotopic (exact) mass is 386 g/mol. The maximum atomic E-state index is 12.4. The molecule has 0 aliphatic rings. The zero-order valence-electron chi connectivity index (χ0n) is 16.2. The summed E-state index contributed by atoms with van der Waals surface area (Å²) < 4.78 is 5.33. The van der Waals surface area contributed by atoms with Gasteiger partial charge in [0.2, 0.25) is 0 Å². The molecule has 2 aromatic carbocycles. The topological polar surface area (TPSA) is 58.6 Å². The molecule has 0 saturated carbocycles. The predicted molar refractivity (Wildman–Crippen MR) is 112 cm³/mol. The van der Waals surface area contributed by atoms with Crippen LogP contribution in [0, 0.1) is 0 Å². The number of carbonyl (C=O) groups is 2. The van der Waals surface area contributed by atoms with Crippen molar-refractivity contribution in [1.29, 1.82) is 0 Å². The minimum atomic E-state index is -0.894. The summed E-state index contributed by atoms with van der Waals surface area (Å²) >= 11 is 1.54. The molecule has 0 fully saturated rings. The van der Waals surface area contributed by atoms with Crippen molar-refractivity contribution in [2.24, 2.45) is 0 Å². The van der Waals surface area contributed by atoms with E-state index in [2.05, 4.69) is 24.1 Å². The van der Waals surface area contributed by atoms with Gasteiger partial charge in [0.15, 0.2) is 6.10 Å². The van der Waals surface area contributed by atoms with E-state index in [1.807, 2.05) is 42.7 Å². The van der Waals surface area contributed by atoms with Crippen molar-refractivity contribution in [3.05, 3.63) is 54.1 Å². The number of hydrogen-bond acceptors (Lipinski definition) is 5. The van der Waals surface area contributed by atoms with Crippen LogP contribution in [0.1, 0.15) is 31.1 Å². The third-order valence-electron chi connectivity index (χ3n) is 4.25. The fourth-order valence-corrected chi connectivity index (χ4v) is 3.22. The summed E-state index contributed by atoms with van der Waals surface area (Å²) in [6, 6.07) is 14.7. The van der Waals surface area contributed by atoms with Gasteiger partial charge in [0, 0.05) is 23.7 Å². The molecule has 0 spiro atoms. The van der Waals surface area contributed by atoms with Crippen LogP contribution < -0.4 is 10.2 Å². The second kappa shape index (κ2) is 10.0. The van der Waals surface area contributed by atoms with Crippen LogP contribution in [0.4, 0.5) is 11.4 Å². The molecule has 144 valence electrons. The number of nitrogens with zero attached hydrogens (tertiary/aromatic N) is 1. The first-order valence-corrected chi connectivity index (χ1v) is 10.2. The van der Waals surface area contributed by atoms with Gasteiger partial charge in [-0.3, -0.25) is 4.79 Å². The second-order valence-corrected chi connectivity index (χ2v) is 6.80. The summed E-state index contributed by atoms with van der Waals surface area (Å²) in [6.07, 6.45) is 1.05. The Morgan fingerprint density at radius 1 is 1.07 bits per heavy atom. The Kier molecular flexibility index (Phi) is 7.73. The third-order valence-corrected chi connectivity index (χ3v) is 5.05. The van der Waals surface area contributed by atoms with Crippen molar-refractivity contribution < 1.29 is 14.3 Å². The van der Waals surface area contributed by atoms with E-state index in [-0.39, 0.29) is 5.91 Å². The third kappa shape index (κ3) is 5.50. The molecule has 27 heavy (non-hydrogen) atoms. The molecule has 2 rings (SSSR count). The Balaban J connectivity index is 1.99. The highest BCUT2D eigenvalue weighted by atomic mass is 32.2. The van der Waals surface area contributed by atoms with E-state index in [9.17, 15) is 9.59 Å². The van der Waals surface area contributed by atoms with E-state index in [1.54, 1.807) is 30.8 Å². The molecule has 1 amide bonds. The molecule has 5 nitrogen and oxygen atoms in total. The lowest BCUT2D eigenvalue weighted by molar-refractivity contribution is -0.123. The first-order chi connectivity index (χ1) is 13.0. The van der Waals surface area contributed by atoms with E-state index >= 15 is 0 Å². The summed E-state index contributed by atoms with van der Waals surface area (Å²) in [6.45, 7) is 7.53. The number of rotatable bonds is 8. The van der Waals surface area contributed by atoms with Crippen LogP contribution in [-0.4, -0.2) is 37.3 Å². The van der Waals surface area contributed by atoms with Gasteiger partial charge in [0.1, 0.15) is 0 Å². The Morgan fingerprint density at radius 2 is 1.70 bits per heavy atom. The van der Waals surface area contributed by atoms with Crippen LogP contribution in [0.5, 0.6) is 0 Å². The van der Waals surface area contributed by atoms with Gasteiger partial charge in [-0.25, -0.2) is 4.79 Å². The Morgan fingerprint density at radius 3 is 2.30 bits per heavy atom. The molecule has 0 aliphatic carbocycles. The van der Waals surface area contributed by atoms with Crippen LogP contribution >= 0.6 is 11.8 Å². The molecular formula is C21H26N2O3S. The zero-order chi connectivity index (χ0) is 19.8. The predicted octanol–water partition coefficient (Wildman–Crippen LogP) is 4.44. The van der Waals surface area contributed by atoms with Crippen molar-refractivity contribution in [2.45, 2.75) is 31.8 Å². The number of anilines is 2. The molecule has 0 aliphatic heterocycles. The van der Waals surface area contributed by atoms with E-state index in [0.29, 0.717) is 11.3 Å². The van der Waals surface area contributed by atoms with Crippen molar-refractivity contribution in [3.8, 4) is 0 Å². The second-order valence-electron chi connectivity index (χ2n) is 5.96. The Bertz CT molecular complexity index is 773. The van der Waals surface area contributed by atoms with Gasteiger partial charge in [-0.05, 0) is 63.4 Å². The normalized spacial score (nSPS) is 11.6. The minimum absolute atomic E-state index is 0.357. The largest absolute Gasteiger partial charge is 0.449 e. The quantitative estimate of drug-likeness (QED) is 0.537. The van der Waals surface area contributed by atoms with Crippen LogP contribution in [0.2, 0.25) is 0 Å². The average Bonchev–Trinajstić information content (AvgIpc) is 2.69. The van der Waals surface area contributed by atoms with Gasteiger partial charge >= 0.3 is 5.97 Å². The fraction of sp³-hybridized carbons (Fsp3) is 0.333. The van der Waals surface area contributed by atoms with E-state index in [1.165, 1.54) is 0 Å². The lowest BCUT2D eigenvalue weighted by Gasteiger charge is -2.21. The first-order valence-electron chi connectivity index (χ1n) is 9.00. The molecule has 0 radical (unpaired) electrons. The lowest BCUT2D eigenvalue weighted by atomic mass is 10.2. The number of nitrogens with one attached hydrogen (secondary N) is 1. The standard InChI is InChI=1S/C21H26N2O3S/c1-5-23(6-2)17-13-11-16(12-14-17)21(25)26-15(3)20(24)22-18-9-7-8-10-19(18)27-4/h7-15H,5-6H2,1-4H3,(H,22,24)/t15-/m0/s1. The molecule has 0 heterocycles. The van der Waals surface area contributed by atoms with Gasteiger partial charge in [0.25, 0.3) is 5.91 Å². The summed E-state index contributed by atoms with van der Waals surface area (Å²) in [5.41, 5.74) is 2.19. The van der Waals surface area contributed by atoms with Crippen molar-refractivity contribution in [1.82, 2.24) is 0 Å². The summed E-state index contributed by atoms with van der Waals surface area (Å²) in [5, 5.41) is 2.81. The van der Waals surface area contributed by atoms with Gasteiger partial charge < -0.3 is 15.0 Å². The SMILES string of the molecule is CCN(CC)c1ccc(C(=O)O[C@@H](C)C(=O)Nc2ccccc2SC)cc1. The number of hydrogen-bond donors (Lipinski definition) is 1. The van der Waals surface area contributed by atoms with Gasteiger partial charge in [-0.2, -0.15) is 0 Å². The number of amides is 1. The van der Waals surface area contributed by atoms with Crippen molar-refractivity contribution in [3.63, 3.8) is 0 Å². The van der Waals surface area contributed by atoms with Crippen LogP contribution in [0.3, 0.4) is 0 Å². The smallest absolute Gasteiger partial charge is 0.338 e. The maximum absolute atomic E-state index is 12.4. The van der Waals surface area contributed by atoms with Crippen molar-refractivity contribution >= 4 is 35.0 Å². The van der Waals surface area contributed by atoms with Crippen LogP contribution in [0.25, 0.3) is 0 Å². The van der Waals surface area contributed by atoms with E-state index < -0.39 is 12.1 Å². The number of carbonyl (C=O) groups excluding carboxylic acids is 2. The molecule has 0 bridgehead atoms. The summed E-state index contributed by atoms with van der Waals surface area (Å²) in [4.78, 5) is 27.8. The summed E-state index contributed by atoms with van der Waals surface area (Å²) in [7, 11) is 0. The fourth-order valence-electron chi connectivity index (χ4n) is 2.66. The molecule has 6 heteroatoms. The molecule has 0 unspecified atom stereocenters. The molecule has 0 saturated heterocycles. The van der Waals surface area contributed by atoms with Crippen LogP contribution in [-0.2, 0) is 9.53 Å².